The molecule has 1 aromatic rings. The zero-order valence-electron chi connectivity index (χ0n) is 16.6. The standard InChI is InChI=1S/C21H32N2O3S/c1-21(2,20(26)23-11-7-9-16(24)13-23)14-22-19(25)18-12-15-8-5-3-4-6-10-17(15)27-18/h12,16,24H,3-11,13-14H2,1-2H3,(H,22,25). The van der Waals surface area contributed by atoms with Crippen LogP contribution in [0.15, 0.2) is 6.07 Å². The van der Waals surface area contributed by atoms with Crippen molar-refractivity contribution in [2.75, 3.05) is 19.6 Å². The number of aliphatic hydroxyl groups excluding tert-OH is 1. The number of nitrogens with zero attached hydrogens (tertiary/aromatic N) is 1. The molecule has 0 spiro atoms. The number of piperidine rings is 1. The van der Waals surface area contributed by atoms with Gasteiger partial charge in [0, 0.05) is 24.5 Å². The fourth-order valence-electron chi connectivity index (χ4n) is 3.99. The molecular weight excluding hydrogens is 360 g/mol. The number of carbonyl (C=O) groups excluding carboxylic acids is 2. The number of likely N-dealkylation sites (tertiary alicyclic amines) is 1. The molecule has 1 saturated heterocycles. The van der Waals surface area contributed by atoms with Gasteiger partial charge in [0.15, 0.2) is 0 Å². The van der Waals surface area contributed by atoms with E-state index in [1.807, 2.05) is 13.8 Å². The molecule has 6 heteroatoms. The molecule has 27 heavy (non-hydrogen) atoms. The van der Waals surface area contributed by atoms with Gasteiger partial charge in [-0.25, -0.2) is 0 Å². The van der Waals surface area contributed by atoms with Crippen LogP contribution in [0.2, 0.25) is 0 Å². The normalized spacial score (nSPS) is 21.1. The Hall–Kier alpha value is -1.40. The summed E-state index contributed by atoms with van der Waals surface area (Å²) in [7, 11) is 0. The molecule has 1 aliphatic carbocycles. The number of aryl methyl sites for hydroxylation is 2. The van der Waals surface area contributed by atoms with Gasteiger partial charge in [0.2, 0.25) is 5.91 Å². The molecule has 5 nitrogen and oxygen atoms in total. The second-order valence-electron chi connectivity index (χ2n) is 8.59. The summed E-state index contributed by atoms with van der Waals surface area (Å²) < 4.78 is 0. The molecule has 1 aliphatic heterocycles. The summed E-state index contributed by atoms with van der Waals surface area (Å²) in [6.45, 7) is 5.12. The van der Waals surface area contributed by atoms with E-state index >= 15 is 0 Å². The Morgan fingerprint density at radius 3 is 2.70 bits per heavy atom. The Kier molecular flexibility index (Phi) is 6.58. The van der Waals surface area contributed by atoms with Crippen LogP contribution in [0, 0.1) is 5.41 Å². The third-order valence-corrected chi connectivity index (χ3v) is 6.91. The maximum atomic E-state index is 12.8. The maximum absolute atomic E-state index is 12.8. The Balaban J connectivity index is 1.59. The van der Waals surface area contributed by atoms with Crippen LogP contribution in [-0.2, 0) is 17.6 Å². The van der Waals surface area contributed by atoms with Crippen LogP contribution in [0.1, 0.15) is 72.5 Å². The Bertz CT molecular complexity index is 657. The topological polar surface area (TPSA) is 69.6 Å². The van der Waals surface area contributed by atoms with Gasteiger partial charge < -0.3 is 15.3 Å². The fourth-order valence-corrected chi connectivity index (χ4v) is 5.16. The Morgan fingerprint density at radius 2 is 1.96 bits per heavy atom. The van der Waals surface area contributed by atoms with Gasteiger partial charge in [-0.3, -0.25) is 9.59 Å². The molecule has 0 aromatic carbocycles. The summed E-state index contributed by atoms with van der Waals surface area (Å²) in [5, 5.41) is 12.8. The molecule has 0 bridgehead atoms. The number of β-amino-alcohol motifs (C(OH)–C–C–N with tert-alkyl or cyclic N) is 1. The Morgan fingerprint density at radius 1 is 1.22 bits per heavy atom. The first-order valence-corrected chi connectivity index (χ1v) is 11.1. The van der Waals surface area contributed by atoms with Crippen LogP contribution in [0.4, 0.5) is 0 Å². The fraction of sp³-hybridized carbons (Fsp3) is 0.714. The minimum atomic E-state index is -0.682. The minimum absolute atomic E-state index is 0.000000701. The molecule has 2 N–H and O–H groups in total. The molecule has 1 unspecified atom stereocenters. The van der Waals surface area contributed by atoms with Gasteiger partial charge in [0.25, 0.3) is 5.91 Å². The monoisotopic (exact) mass is 392 g/mol. The third kappa shape index (κ3) is 5.11. The van der Waals surface area contributed by atoms with Gasteiger partial charge in [0.1, 0.15) is 0 Å². The SMILES string of the molecule is CC(C)(CNC(=O)c1cc2c(s1)CCCCCC2)C(=O)N1CCCC(O)C1. The van der Waals surface area contributed by atoms with Crippen LogP contribution in [0.3, 0.4) is 0 Å². The summed E-state index contributed by atoms with van der Waals surface area (Å²) in [6.07, 6.45) is 8.26. The first-order chi connectivity index (χ1) is 12.9. The summed E-state index contributed by atoms with van der Waals surface area (Å²) in [5.74, 6) is -0.0775. The lowest BCUT2D eigenvalue weighted by molar-refractivity contribution is -0.143. The van der Waals surface area contributed by atoms with E-state index in [9.17, 15) is 14.7 Å². The van der Waals surface area contributed by atoms with Crippen LogP contribution in [-0.4, -0.2) is 47.6 Å². The van der Waals surface area contributed by atoms with E-state index in [-0.39, 0.29) is 11.8 Å². The highest BCUT2D eigenvalue weighted by Crippen LogP contribution is 2.29. The van der Waals surface area contributed by atoms with Crippen molar-refractivity contribution in [2.45, 2.75) is 71.3 Å². The van der Waals surface area contributed by atoms with Crippen molar-refractivity contribution in [2.24, 2.45) is 5.41 Å². The second-order valence-corrected chi connectivity index (χ2v) is 9.72. The molecule has 1 fully saturated rings. The van der Waals surface area contributed by atoms with Crippen LogP contribution < -0.4 is 5.32 Å². The predicted molar refractivity (Wildman–Crippen MR) is 108 cm³/mol. The van der Waals surface area contributed by atoms with E-state index in [0.717, 1.165) is 30.6 Å². The molecule has 2 heterocycles. The first-order valence-electron chi connectivity index (χ1n) is 10.2. The molecule has 2 amide bonds. The van der Waals surface area contributed by atoms with Gasteiger partial charge >= 0.3 is 0 Å². The number of rotatable bonds is 4. The van der Waals surface area contributed by atoms with E-state index in [4.69, 9.17) is 0 Å². The molecular formula is C21H32N2O3S. The highest BCUT2D eigenvalue weighted by Gasteiger charge is 2.34. The first kappa shape index (κ1) is 20.3. The van der Waals surface area contributed by atoms with E-state index < -0.39 is 11.5 Å². The van der Waals surface area contributed by atoms with Gasteiger partial charge in [0.05, 0.1) is 16.4 Å². The second kappa shape index (κ2) is 8.74. The number of hydrogen-bond donors (Lipinski definition) is 2. The van der Waals surface area contributed by atoms with Crippen molar-refractivity contribution in [3.05, 3.63) is 21.4 Å². The van der Waals surface area contributed by atoms with E-state index in [2.05, 4.69) is 11.4 Å². The molecule has 1 atom stereocenters. The average Bonchev–Trinajstić information content (AvgIpc) is 3.01. The molecule has 1 aromatic heterocycles. The smallest absolute Gasteiger partial charge is 0.261 e. The molecule has 0 radical (unpaired) electrons. The highest BCUT2D eigenvalue weighted by molar-refractivity contribution is 7.14. The zero-order chi connectivity index (χ0) is 19.4. The zero-order valence-corrected chi connectivity index (χ0v) is 17.4. The summed E-state index contributed by atoms with van der Waals surface area (Å²) in [4.78, 5) is 29.3. The van der Waals surface area contributed by atoms with Gasteiger partial charge in [-0.05, 0) is 64.0 Å². The molecule has 150 valence electrons. The summed E-state index contributed by atoms with van der Waals surface area (Å²) in [6, 6.07) is 2.05. The number of nitrogens with one attached hydrogen (secondary N) is 1. The lowest BCUT2D eigenvalue weighted by Crippen LogP contribution is -2.51. The van der Waals surface area contributed by atoms with Crippen molar-refractivity contribution in [3.63, 3.8) is 0 Å². The van der Waals surface area contributed by atoms with E-state index in [0.29, 0.717) is 19.6 Å². The van der Waals surface area contributed by atoms with Crippen molar-refractivity contribution < 1.29 is 14.7 Å². The summed E-state index contributed by atoms with van der Waals surface area (Å²) >= 11 is 1.61. The highest BCUT2D eigenvalue weighted by atomic mass is 32.1. The predicted octanol–water partition coefficient (Wildman–Crippen LogP) is 3.15. The van der Waals surface area contributed by atoms with Gasteiger partial charge in [-0.1, -0.05) is 12.8 Å². The lowest BCUT2D eigenvalue weighted by atomic mass is 9.90. The largest absolute Gasteiger partial charge is 0.391 e. The van der Waals surface area contributed by atoms with Crippen LogP contribution >= 0.6 is 11.3 Å². The number of aliphatic hydroxyl groups is 1. The number of thiophene rings is 1. The van der Waals surface area contributed by atoms with Gasteiger partial charge in [-0.2, -0.15) is 0 Å². The van der Waals surface area contributed by atoms with Crippen molar-refractivity contribution in [3.8, 4) is 0 Å². The number of hydrogen-bond acceptors (Lipinski definition) is 4. The van der Waals surface area contributed by atoms with Gasteiger partial charge in [-0.15, -0.1) is 11.3 Å². The van der Waals surface area contributed by atoms with Crippen molar-refractivity contribution >= 4 is 23.2 Å². The molecule has 3 rings (SSSR count). The number of fused-ring (bicyclic) bond motifs is 1. The minimum Gasteiger partial charge on any atom is -0.391 e. The Labute approximate surface area is 166 Å². The van der Waals surface area contributed by atoms with Crippen LogP contribution in [0.25, 0.3) is 0 Å². The molecule has 0 saturated carbocycles. The molecule has 2 aliphatic rings. The lowest BCUT2D eigenvalue weighted by Gasteiger charge is -2.36. The van der Waals surface area contributed by atoms with E-state index in [1.54, 1.807) is 16.2 Å². The van der Waals surface area contributed by atoms with Crippen molar-refractivity contribution in [1.29, 1.82) is 0 Å². The summed E-state index contributed by atoms with van der Waals surface area (Å²) in [5.41, 5.74) is 0.654. The van der Waals surface area contributed by atoms with Crippen LogP contribution in [0.5, 0.6) is 0 Å². The average molecular weight is 393 g/mol. The van der Waals surface area contributed by atoms with Crippen molar-refractivity contribution in [1.82, 2.24) is 10.2 Å². The number of carbonyl (C=O) groups is 2. The maximum Gasteiger partial charge on any atom is 0.261 e. The quantitative estimate of drug-likeness (QED) is 0.827. The number of amides is 2. The third-order valence-electron chi connectivity index (χ3n) is 5.67. The van der Waals surface area contributed by atoms with E-state index in [1.165, 1.54) is 36.1 Å².